The smallest absolute Gasteiger partial charge is 0.196 e. The summed E-state index contributed by atoms with van der Waals surface area (Å²) in [6, 6.07) is 6.84. The van der Waals surface area contributed by atoms with Gasteiger partial charge >= 0.3 is 0 Å². The standard InChI is InChI=1S/C16H12F3NO/c17-12-7-6-11(14(18)15(12)19)16(21)10-3-1-5-13-9(10)4-2-8-20-13/h1,3,5-7,20H,2,4,8H2. The summed E-state index contributed by atoms with van der Waals surface area (Å²) in [5.74, 6) is -5.00. The molecule has 108 valence electrons. The van der Waals surface area contributed by atoms with Crippen molar-refractivity contribution in [1.82, 2.24) is 0 Å². The molecule has 2 aromatic carbocycles. The highest BCUT2D eigenvalue weighted by Crippen LogP contribution is 2.28. The highest BCUT2D eigenvalue weighted by molar-refractivity contribution is 6.10. The van der Waals surface area contributed by atoms with Crippen LogP contribution in [0.2, 0.25) is 0 Å². The first-order valence-electron chi connectivity index (χ1n) is 6.63. The SMILES string of the molecule is O=C(c1ccc(F)c(F)c1F)c1cccc2c1CCCN2. The minimum absolute atomic E-state index is 0.324. The van der Waals surface area contributed by atoms with Gasteiger partial charge in [-0.3, -0.25) is 4.79 Å². The van der Waals surface area contributed by atoms with Crippen LogP contribution in [0.1, 0.15) is 27.9 Å². The van der Waals surface area contributed by atoms with Crippen molar-refractivity contribution in [1.29, 1.82) is 0 Å². The van der Waals surface area contributed by atoms with E-state index in [1.165, 1.54) is 0 Å². The fraction of sp³-hybridized carbons (Fsp3) is 0.188. The molecule has 0 aliphatic carbocycles. The molecule has 21 heavy (non-hydrogen) atoms. The van der Waals surface area contributed by atoms with E-state index in [9.17, 15) is 18.0 Å². The van der Waals surface area contributed by atoms with Crippen molar-refractivity contribution < 1.29 is 18.0 Å². The predicted octanol–water partition coefficient (Wildman–Crippen LogP) is 3.69. The van der Waals surface area contributed by atoms with Crippen molar-refractivity contribution in [3.05, 3.63) is 64.5 Å². The second-order valence-electron chi connectivity index (χ2n) is 4.91. The summed E-state index contributed by atoms with van der Waals surface area (Å²) in [7, 11) is 0. The third-order valence-electron chi connectivity index (χ3n) is 3.62. The molecule has 0 bridgehead atoms. The van der Waals surface area contributed by atoms with Crippen molar-refractivity contribution in [2.24, 2.45) is 0 Å². The lowest BCUT2D eigenvalue weighted by Gasteiger charge is -2.20. The van der Waals surface area contributed by atoms with Crippen molar-refractivity contribution in [3.8, 4) is 0 Å². The van der Waals surface area contributed by atoms with Crippen LogP contribution in [0.4, 0.5) is 18.9 Å². The van der Waals surface area contributed by atoms with Crippen LogP contribution in [0.3, 0.4) is 0 Å². The summed E-state index contributed by atoms with van der Waals surface area (Å²) >= 11 is 0. The molecule has 0 aromatic heterocycles. The molecule has 0 saturated heterocycles. The quantitative estimate of drug-likeness (QED) is 0.675. The lowest BCUT2D eigenvalue weighted by Crippen LogP contribution is -2.17. The van der Waals surface area contributed by atoms with Crippen LogP contribution in [-0.4, -0.2) is 12.3 Å². The minimum Gasteiger partial charge on any atom is -0.385 e. The minimum atomic E-state index is -1.62. The number of benzene rings is 2. The lowest BCUT2D eigenvalue weighted by molar-refractivity contribution is 0.103. The summed E-state index contributed by atoms with van der Waals surface area (Å²) in [4.78, 5) is 12.4. The summed E-state index contributed by atoms with van der Waals surface area (Å²) in [6.45, 7) is 0.810. The lowest BCUT2D eigenvalue weighted by atomic mass is 9.92. The average molecular weight is 291 g/mol. The monoisotopic (exact) mass is 291 g/mol. The van der Waals surface area contributed by atoms with Crippen LogP contribution in [0.15, 0.2) is 30.3 Å². The highest BCUT2D eigenvalue weighted by atomic mass is 19.2. The van der Waals surface area contributed by atoms with E-state index < -0.39 is 28.8 Å². The van der Waals surface area contributed by atoms with Crippen molar-refractivity contribution in [3.63, 3.8) is 0 Å². The normalized spacial score (nSPS) is 13.5. The molecule has 0 spiro atoms. The zero-order valence-electron chi connectivity index (χ0n) is 11.1. The zero-order chi connectivity index (χ0) is 15.0. The first kappa shape index (κ1) is 13.7. The van der Waals surface area contributed by atoms with Gasteiger partial charge in [0.05, 0.1) is 5.56 Å². The number of halogens is 3. The summed E-state index contributed by atoms with van der Waals surface area (Å²) in [5, 5.41) is 3.16. The van der Waals surface area contributed by atoms with E-state index in [0.29, 0.717) is 12.0 Å². The molecule has 1 aliphatic heterocycles. The van der Waals surface area contributed by atoms with Crippen molar-refractivity contribution in [2.45, 2.75) is 12.8 Å². The fourth-order valence-corrected chi connectivity index (χ4v) is 2.57. The Hall–Kier alpha value is -2.30. The van der Waals surface area contributed by atoms with Gasteiger partial charge in [-0.1, -0.05) is 12.1 Å². The Labute approximate surface area is 119 Å². The van der Waals surface area contributed by atoms with E-state index in [1.807, 2.05) is 6.07 Å². The van der Waals surface area contributed by atoms with Gasteiger partial charge in [0.15, 0.2) is 23.2 Å². The van der Waals surface area contributed by atoms with E-state index >= 15 is 0 Å². The molecule has 0 amide bonds. The topological polar surface area (TPSA) is 29.1 Å². The van der Waals surface area contributed by atoms with Crippen LogP contribution in [-0.2, 0) is 6.42 Å². The maximum absolute atomic E-state index is 13.8. The molecule has 0 saturated carbocycles. The Morgan fingerprint density at radius 3 is 2.62 bits per heavy atom. The highest BCUT2D eigenvalue weighted by Gasteiger charge is 2.23. The molecule has 0 unspecified atom stereocenters. The number of rotatable bonds is 2. The van der Waals surface area contributed by atoms with Gasteiger partial charge in [0.1, 0.15) is 0 Å². The Morgan fingerprint density at radius 1 is 1.00 bits per heavy atom. The summed E-state index contributed by atoms with van der Waals surface area (Å²) in [5.41, 5.74) is 1.49. The van der Waals surface area contributed by atoms with E-state index in [-0.39, 0.29) is 0 Å². The Balaban J connectivity index is 2.10. The molecule has 3 rings (SSSR count). The number of hydrogen-bond donors (Lipinski definition) is 1. The van der Waals surface area contributed by atoms with Crippen LogP contribution in [0.5, 0.6) is 0 Å². The molecule has 1 N–H and O–H groups in total. The molecule has 0 radical (unpaired) electrons. The number of carbonyl (C=O) groups is 1. The second-order valence-corrected chi connectivity index (χ2v) is 4.91. The Bertz CT molecular complexity index is 728. The van der Waals surface area contributed by atoms with Gasteiger partial charge in [-0.15, -0.1) is 0 Å². The Morgan fingerprint density at radius 2 is 1.81 bits per heavy atom. The van der Waals surface area contributed by atoms with Gasteiger partial charge in [-0.05, 0) is 36.6 Å². The first-order chi connectivity index (χ1) is 10.1. The van der Waals surface area contributed by atoms with Gasteiger partial charge in [0.25, 0.3) is 0 Å². The van der Waals surface area contributed by atoms with Gasteiger partial charge in [0, 0.05) is 17.8 Å². The maximum Gasteiger partial charge on any atom is 0.196 e. The Kier molecular flexibility index (Phi) is 3.41. The predicted molar refractivity (Wildman–Crippen MR) is 73.0 cm³/mol. The van der Waals surface area contributed by atoms with Gasteiger partial charge < -0.3 is 5.32 Å². The number of hydrogen-bond acceptors (Lipinski definition) is 2. The zero-order valence-corrected chi connectivity index (χ0v) is 11.1. The molecular formula is C16H12F3NO. The average Bonchev–Trinajstić information content (AvgIpc) is 2.51. The van der Waals surface area contributed by atoms with Gasteiger partial charge in [0.2, 0.25) is 0 Å². The molecule has 2 aromatic rings. The summed E-state index contributed by atoms with van der Waals surface area (Å²) in [6.07, 6.45) is 1.55. The maximum atomic E-state index is 13.8. The van der Waals surface area contributed by atoms with Crippen LogP contribution in [0, 0.1) is 17.5 Å². The number of anilines is 1. The molecular weight excluding hydrogens is 279 g/mol. The van der Waals surface area contributed by atoms with E-state index in [0.717, 1.165) is 36.3 Å². The largest absolute Gasteiger partial charge is 0.385 e. The number of carbonyl (C=O) groups excluding carboxylic acids is 1. The van der Waals surface area contributed by atoms with Crippen LogP contribution >= 0.6 is 0 Å². The number of fused-ring (bicyclic) bond motifs is 1. The third kappa shape index (κ3) is 2.28. The summed E-state index contributed by atoms with van der Waals surface area (Å²) < 4.78 is 40.0. The van der Waals surface area contributed by atoms with E-state index in [2.05, 4.69) is 5.32 Å². The molecule has 0 atom stereocenters. The number of ketones is 1. The molecule has 5 heteroatoms. The van der Waals surface area contributed by atoms with Gasteiger partial charge in [-0.2, -0.15) is 0 Å². The van der Waals surface area contributed by atoms with Crippen LogP contribution < -0.4 is 5.32 Å². The molecule has 1 heterocycles. The van der Waals surface area contributed by atoms with Crippen LogP contribution in [0.25, 0.3) is 0 Å². The first-order valence-corrected chi connectivity index (χ1v) is 6.63. The second kappa shape index (κ2) is 5.24. The molecule has 2 nitrogen and oxygen atoms in total. The van der Waals surface area contributed by atoms with Gasteiger partial charge in [-0.25, -0.2) is 13.2 Å². The number of nitrogens with one attached hydrogen (secondary N) is 1. The fourth-order valence-electron chi connectivity index (χ4n) is 2.57. The van der Waals surface area contributed by atoms with Crippen molar-refractivity contribution >= 4 is 11.5 Å². The van der Waals surface area contributed by atoms with E-state index in [1.54, 1.807) is 12.1 Å². The van der Waals surface area contributed by atoms with E-state index in [4.69, 9.17) is 0 Å². The molecule has 0 fully saturated rings. The van der Waals surface area contributed by atoms with Crippen molar-refractivity contribution in [2.75, 3.05) is 11.9 Å². The molecule has 1 aliphatic rings. The third-order valence-corrected chi connectivity index (χ3v) is 3.62.